The highest BCUT2D eigenvalue weighted by Crippen LogP contribution is 2.44. The molecule has 4 nitrogen and oxygen atoms in total. The molecule has 0 aromatic heterocycles. The van der Waals surface area contributed by atoms with Gasteiger partial charge in [-0.3, -0.25) is 0 Å². The van der Waals surface area contributed by atoms with E-state index in [0.717, 1.165) is 0 Å². The van der Waals surface area contributed by atoms with Crippen molar-refractivity contribution >= 4 is 0 Å². The average Bonchev–Trinajstić information content (AvgIpc) is 2.35. The lowest BCUT2D eigenvalue weighted by Crippen LogP contribution is -2.32. The molecule has 0 spiro atoms. The van der Waals surface area contributed by atoms with Crippen LogP contribution in [0, 0.1) is 0 Å². The molecule has 0 bridgehead atoms. The SMILES string of the molecule is CC1(C)OC2O[C@H](CO)C[C@@]2(C)O1. The lowest BCUT2D eigenvalue weighted by molar-refractivity contribution is -0.209. The summed E-state index contributed by atoms with van der Waals surface area (Å²) in [4.78, 5) is 0. The van der Waals surface area contributed by atoms with Gasteiger partial charge in [-0.2, -0.15) is 0 Å². The zero-order valence-electron chi connectivity index (χ0n) is 8.24. The lowest BCUT2D eigenvalue weighted by Gasteiger charge is -2.22. The molecule has 0 aliphatic carbocycles. The van der Waals surface area contributed by atoms with Crippen molar-refractivity contribution in [2.24, 2.45) is 0 Å². The Labute approximate surface area is 77.8 Å². The molecule has 0 aromatic rings. The van der Waals surface area contributed by atoms with Crippen molar-refractivity contribution in [2.75, 3.05) is 6.61 Å². The van der Waals surface area contributed by atoms with Crippen LogP contribution in [0.15, 0.2) is 0 Å². The van der Waals surface area contributed by atoms with E-state index in [9.17, 15) is 0 Å². The Hall–Kier alpha value is -0.160. The van der Waals surface area contributed by atoms with Crippen molar-refractivity contribution in [3.8, 4) is 0 Å². The summed E-state index contributed by atoms with van der Waals surface area (Å²) >= 11 is 0. The zero-order chi connectivity index (χ0) is 9.69. The van der Waals surface area contributed by atoms with E-state index in [0.29, 0.717) is 6.42 Å². The van der Waals surface area contributed by atoms with Gasteiger partial charge in [0, 0.05) is 6.42 Å². The van der Waals surface area contributed by atoms with Gasteiger partial charge in [0.05, 0.1) is 12.7 Å². The minimum atomic E-state index is -0.570. The summed E-state index contributed by atoms with van der Waals surface area (Å²) in [6, 6.07) is 0. The molecule has 0 aromatic carbocycles. The zero-order valence-corrected chi connectivity index (χ0v) is 8.24. The Morgan fingerprint density at radius 3 is 2.62 bits per heavy atom. The van der Waals surface area contributed by atoms with Crippen LogP contribution in [-0.2, 0) is 14.2 Å². The van der Waals surface area contributed by atoms with E-state index in [1.807, 2.05) is 20.8 Å². The van der Waals surface area contributed by atoms with Crippen LogP contribution in [0.5, 0.6) is 0 Å². The third-order valence-electron chi connectivity index (χ3n) is 2.52. The largest absolute Gasteiger partial charge is 0.394 e. The molecule has 2 aliphatic rings. The number of rotatable bonds is 1. The lowest BCUT2D eigenvalue weighted by atomic mass is 10.0. The normalized spacial score (nSPS) is 48.0. The summed E-state index contributed by atoms with van der Waals surface area (Å²) in [6.45, 7) is 5.73. The van der Waals surface area contributed by atoms with Gasteiger partial charge in [-0.15, -0.1) is 0 Å². The van der Waals surface area contributed by atoms with Gasteiger partial charge >= 0.3 is 0 Å². The van der Waals surface area contributed by atoms with Crippen LogP contribution in [0.25, 0.3) is 0 Å². The molecule has 2 fully saturated rings. The number of hydrogen-bond donors (Lipinski definition) is 1. The van der Waals surface area contributed by atoms with Crippen molar-refractivity contribution < 1.29 is 19.3 Å². The number of hydrogen-bond acceptors (Lipinski definition) is 4. The van der Waals surface area contributed by atoms with Gasteiger partial charge in [0.2, 0.25) is 0 Å². The van der Waals surface area contributed by atoms with E-state index >= 15 is 0 Å². The third-order valence-corrected chi connectivity index (χ3v) is 2.52. The van der Waals surface area contributed by atoms with Crippen LogP contribution < -0.4 is 0 Å². The van der Waals surface area contributed by atoms with Gasteiger partial charge < -0.3 is 19.3 Å². The molecule has 2 aliphatic heterocycles. The van der Waals surface area contributed by atoms with E-state index in [1.54, 1.807) is 0 Å². The van der Waals surface area contributed by atoms with Crippen molar-refractivity contribution in [2.45, 2.75) is 51.0 Å². The van der Waals surface area contributed by atoms with E-state index in [1.165, 1.54) is 0 Å². The highest BCUT2D eigenvalue weighted by Gasteiger charge is 2.56. The molecular weight excluding hydrogens is 172 g/mol. The Morgan fingerprint density at radius 1 is 1.38 bits per heavy atom. The minimum absolute atomic E-state index is 0.0270. The first-order chi connectivity index (χ1) is 5.95. The predicted octanol–water partition coefficient (Wildman–Crippen LogP) is 0.635. The maximum Gasteiger partial charge on any atom is 0.190 e. The number of fused-ring (bicyclic) bond motifs is 1. The van der Waals surface area contributed by atoms with E-state index in [2.05, 4.69) is 0 Å². The van der Waals surface area contributed by atoms with Crippen molar-refractivity contribution in [1.82, 2.24) is 0 Å². The fourth-order valence-electron chi connectivity index (χ4n) is 2.11. The number of aliphatic hydroxyl groups excluding tert-OH is 1. The topological polar surface area (TPSA) is 47.9 Å². The summed E-state index contributed by atoms with van der Waals surface area (Å²) in [5.41, 5.74) is -0.392. The summed E-state index contributed by atoms with van der Waals surface area (Å²) in [6.07, 6.45) is 0.211. The smallest absolute Gasteiger partial charge is 0.190 e. The monoisotopic (exact) mass is 188 g/mol. The molecule has 2 rings (SSSR count). The molecular formula is C9H16O4. The third kappa shape index (κ3) is 1.48. The van der Waals surface area contributed by atoms with E-state index in [4.69, 9.17) is 19.3 Å². The minimum Gasteiger partial charge on any atom is -0.394 e. The molecule has 0 amide bonds. The summed E-state index contributed by atoms with van der Waals surface area (Å²) in [5, 5.41) is 8.93. The van der Waals surface area contributed by atoms with Gasteiger partial charge in [0.1, 0.15) is 5.60 Å². The molecule has 4 heteroatoms. The second kappa shape index (κ2) is 2.67. The van der Waals surface area contributed by atoms with E-state index < -0.39 is 11.4 Å². The maximum absolute atomic E-state index is 8.93. The van der Waals surface area contributed by atoms with Gasteiger partial charge in [0.15, 0.2) is 12.1 Å². The van der Waals surface area contributed by atoms with Crippen LogP contribution in [0.1, 0.15) is 27.2 Å². The summed E-state index contributed by atoms with van der Waals surface area (Å²) < 4.78 is 16.8. The quantitative estimate of drug-likeness (QED) is 0.656. The fraction of sp³-hybridized carbons (Fsp3) is 1.00. The molecule has 1 unspecified atom stereocenters. The molecule has 13 heavy (non-hydrogen) atoms. The molecule has 3 atom stereocenters. The first-order valence-corrected chi connectivity index (χ1v) is 4.59. The van der Waals surface area contributed by atoms with Crippen molar-refractivity contribution in [1.29, 1.82) is 0 Å². The molecule has 1 N–H and O–H groups in total. The standard InChI is InChI=1S/C9H16O4/c1-8(2)12-7-9(3,13-8)4-6(5-10)11-7/h6-7,10H,4-5H2,1-3H3/t6-,7?,9+/m0/s1. The Kier molecular flexibility index (Phi) is 1.93. The first kappa shape index (κ1) is 9.40. The molecule has 2 heterocycles. The Balaban J connectivity index is 2.11. The Morgan fingerprint density at radius 2 is 2.08 bits per heavy atom. The van der Waals surface area contributed by atoms with Gasteiger partial charge in [0.25, 0.3) is 0 Å². The van der Waals surface area contributed by atoms with Crippen LogP contribution in [0.3, 0.4) is 0 Å². The number of aliphatic hydroxyl groups is 1. The Bertz CT molecular complexity index is 216. The van der Waals surface area contributed by atoms with Crippen LogP contribution in [0.2, 0.25) is 0 Å². The maximum atomic E-state index is 8.93. The fourth-order valence-corrected chi connectivity index (χ4v) is 2.11. The van der Waals surface area contributed by atoms with Gasteiger partial charge in [-0.05, 0) is 20.8 Å². The van der Waals surface area contributed by atoms with Gasteiger partial charge in [-0.1, -0.05) is 0 Å². The van der Waals surface area contributed by atoms with Crippen LogP contribution in [-0.4, -0.2) is 35.5 Å². The molecule has 0 radical (unpaired) electrons. The predicted molar refractivity (Wildman–Crippen MR) is 45.0 cm³/mol. The summed E-state index contributed by atoms with van der Waals surface area (Å²) in [5.74, 6) is -0.570. The van der Waals surface area contributed by atoms with Gasteiger partial charge in [-0.25, -0.2) is 0 Å². The second-order valence-corrected chi connectivity index (χ2v) is 4.41. The molecule has 0 saturated carbocycles. The second-order valence-electron chi connectivity index (χ2n) is 4.41. The highest BCUT2D eigenvalue weighted by atomic mass is 16.8. The van der Waals surface area contributed by atoms with Crippen LogP contribution >= 0.6 is 0 Å². The first-order valence-electron chi connectivity index (χ1n) is 4.59. The van der Waals surface area contributed by atoms with Crippen molar-refractivity contribution in [3.63, 3.8) is 0 Å². The highest BCUT2D eigenvalue weighted by molar-refractivity contribution is 4.95. The summed E-state index contributed by atoms with van der Waals surface area (Å²) in [7, 11) is 0. The van der Waals surface area contributed by atoms with E-state index in [-0.39, 0.29) is 19.0 Å². The molecule has 76 valence electrons. The number of ether oxygens (including phenoxy) is 3. The van der Waals surface area contributed by atoms with Crippen LogP contribution in [0.4, 0.5) is 0 Å². The molecule has 2 saturated heterocycles. The average molecular weight is 188 g/mol. The van der Waals surface area contributed by atoms with Crippen molar-refractivity contribution in [3.05, 3.63) is 0 Å².